The van der Waals surface area contributed by atoms with Gasteiger partial charge < -0.3 is 5.73 Å². The van der Waals surface area contributed by atoms with Crippen LogP contribution in [0.25, 0.3) is 16.8 Å². The predicted octanol–water partition coefficient (Wildman–Crippen LogP) is 2.03. The maximum Gasteiger partial charge on any atom is 0.168 e. The number of aromatic nitrogens is 2. The molecule has 5 heteroatoms. The van der Waals surface area contributed by atoms with Crippen molar-refractivity contribution in [1.82, 2.24) is 9.97 Å². The van der Waals surface area contributed by atoms with Crippen LogP contribution >= 0.6 is 11.6 Å². The van der Waals surface area contributed by atoms with E-state index in [-0.39, 0.29) is 0 Å². The predicted molar refractivity (Wildman–Crippen MR) is 63.2 cm³/mol. The third-order valence-corrected chi connectivity index (χ3v) is 2.41. The number of rotatable bonds is 2. The van der Waals surface area contributed by atoms with Crippen molar-refractivity contribution in [1.29, 1.82) is 0 Å². The van der Waals surface area contributed by atoms with E-state index in [4.69, 9.17) is 17.3 Å². The summed E-state index contributed by atoms with van der Waals surface area (Å²) < 4.78 is 0. The highest BCUT2D eigenvalue weighted by atomic mass is 35.5. The van der Waals surface area contributed by atoms with Crippen LogP contribution in [0.4, 0.5) is 0 Å². The molecule has 0 aliphatic heterocycles. The number of nitrogens with two attached hydrogens (primary N) is 1. The number of hydrogen-bond donors (Lipinski definition) is 1. The van der Waals surface area contributed by atoms with Gasteiger partial charge in [0.2, 0.25) is 0 Å². The van der Waals surface area contributed by atoms with Gasteiger partial charge in [-0.1, -0.05) is 11.6 Å². The van der Waals surface area contributed by atoms with Crippen LogP contribution in [0.5, 0.6) is 0 Å². The van der Waals surface area contributed by atoms with Crippen molar-refractivity contribution in [3.05, 3.63) is 41.1 Å². The topological polar surface area (TPSA) is 68.9 Å². The summed E-state index contributed by atoms with van der Waals surface area (Å²) in [5.41, 5.74) is 6.20. The molecule has 0 saturated heterocycles. The van der Waals surface area contributed by atoms with Gasteiger partial charge in [-0.2, -0.15) is 0 Å². The molecule has 16 heavy (non-hydrogen) atoms. The Morgan fingerprint density at radius 3 is 2.94 bits per heavy atom. The van der Waals surface area contributed by atoms with E-state index < -0.39 is 0 Å². The van der Waals surface area contributed by atoms with E-state index in [1.165, 1.54) is 6.20 Å². The molecular formula is C11H8ClN3O. The number of nitrogens with zero attached hydrogens (tertiary/aromatic N) is 2. The van der Waals surface area contributed by atoms with Gasteiger partial charge >= 0.3 is 0 Å². The van der Waals surface area contributed by atoms with Crippen molar-refractivity contribution in [2.45, 2.75) is 0 Å². The van der Waals surface area contributed by atoms with Crippen molar-refractivity contribution in [2.24, 2.45) is 5.73 Å². The molecule has 2 rings (SSSR count). The fourth-order valence-corrected chi connectivity index (χ4v) is 1.74. The molecule has 0 unspecified atom stereocenters. The Labute approximate surface area is 96.8 Å². The molecule has 0 saturated carbocycles. The van der Waals surface area contributed by atoms with Crippen LogP contribution in [0.3, 0.4) is 0 Å². The fourth-order valence-electron chi connectivity index (χ4n) is 1.48. The molecule has 0 amide bonds. The molecule has 0 radical (unpaired) electrons. The van der Waals surface area contributed by atoms with Crippen LogP contribution in [0.1, 0.15) is 16.2 Å². The van der Waals surface area contributed by atoms with Gasteiger partial charge in [-0.05, 0) is 29.8 Å². The number of pyridine rings is 2. The van der Waals surface area contributed by atoms with E-state index in [0.717, 1.165) is 5.39 Å². The smallest absolute Gasteiger partial charge is 0.168 e. The van der Waals surface area contributed by atoms with Gasteiger partial charge in [0.05, 0.1) is 5.69 Å². The first-order valence-corrected chi connectivity index (χ1v) is 4.93. The second-order valence-corrected chi connectivity index (χ2v) is 3.47. The Hall–Kier alpha value is -1.94. The maximum absolute atomic E-state index is 10.7. The highest BCUT2D eigenvalue weighted by molar-refractivity contribution is 6.34. The zero-order chi connectivity index (χ0) is 11.5. The minimum absolute atomic E-state index is 0.336. The number of fused-ring (bicyclic) bond motifs is 1. The van der Waals surface area contributed by atoms with Crippen molar-refractivity contribution >= 4 is 34.7 Å². The van der Waals surface area contributed by atoms with Crippen LogP contribution in [-0.2, 0) is 0 Å². The minimum atomic E-state index is 0.336. The summed E-state index contributed by atoms with van der Waals surface area (Å²) in [6.45, 7) is 0. The Bertz CT molecular complexity index is 581. The van der Waals surface area contributed by atoms with Crippen LogP contribution in [0.2, 0.25) is 5.15 Å². The second kappa shape index (κ2) is 4.28. The fraction of sp³-hybridized carbons (Fsp3) is 0. The Balaban J connectivity index is 2.87. The first-order chi connectivity index (χ1) is 7.76. The van der Waals surface area contributed by atoms with Crippen LogP contribution in [0.15, 0.2) is 24.5 Å². The van der Waals surface area contributed by atoms with Crippen molar-refractivity contribution in [3.63, 3.8) is 0 Å². The normalized spacial score (nSPS) is 11.1. The van der Waals surface area contributed by atoms with E-state index in [0.29, 0.717) is 28.2 Å². The third kappa shape index (κ3) is 1.75. The first-order valence-electron chi connectivity index (χ1n) is 4.55. The SMILES string of the molecule is NC=Cc1nc(C=O)cc2ccnc(Cl)c12. The first kappa shape index (κ1) is 10.6. The van der Waals surface area contributed by atoms with Crippen LogP contribution in [-0.4, -0.2) is 16.3 Å². The average Bonchev–Trinajstić information content (AvgIpc) is 2.29. The molecule has 2 heterocycles. The van der Waals surface area contributed by atoms with E-state index in [2.05, 4.69) is 9.97 Å². The van der Waals surface area contributed by atoms with E-state index >= 15 is 0 Å². The van der Waals surface area contributed by atoms with Crippen LogP contribution < -0.4 is 5.73 Å². The van der Waals surface area contributed by atoms with Gasteiger partial charge in [0, 0.05) is 11.6 Å². The molecule has 0 aliphatic carbocycles. The summed E-state index contributed by atoms with van der Waals surface area (Å²) >= 11 is 5.98. The van der Waals surface area contributed by atoms with Gasteiger partial charge in [-0.3, -0.25) is 4.79 Å². The summed E-state index contributed by atoms with van der Waals surface area (Å²) in [4.78, 5) is 18.8. The number of carbonyl (C=O) groups excluding carboxylic acids is 1. The van der Waals surface area contributed by atoms with Crippen molar-refractivity contribution in [2.75, 3.05) is 0 Å². The Morgan fingerprint density at radius 1 is 1.44 bits per heavy atom. The minimum Gasteiger partial charge on any atom is -0.405 e. The summed E-state index contributed by atoms with van der Waals surface area (Å²) in [6.07, 6.45) is 5.19. The van der Waals surface area contributed by atoms with E-state index in [1.807, 2.05) is 0 Å². The lowest BCUT2D eigenvalue weighted by atomic mass is 10.1. The highest BCUT2D eigenvalue weighted by Crippen LogP contribution is 2.25. The van der Waals surface area contributed by atoms with Gasteiger partial charge in [0.15, 0.2) is 6.29 Å². The van der Waals surface area contributed by atoms with Gasteiger partial charge in [0.1, 0.15) is 10.8 Å². The summed E-state index contributed by atoms with van der Waals surface area (Å²) in [5.74, 6) is 0. The number of aldehydes is 1. The number of carbonyl (C=O) groups is 1. The summed E-state index contributed by atoms with van der Waals surface area (Å²) in [7, 11) is 0. The van der Waals surface area contributed by atoms with Gasteiger partial charge in [-0.15, -0.1) is 0 Å². The van der Waals surface area contributed by atoms with Crippen molar-refractivity contribution < 1.29 is 4.79 Å². The maximum atomic E-state index is 10.7. The third-order valence-electron chi connectivity index (χ3n) is 2.12. The van der Waals surface area contributed by atoms with E-state index in [9.17, 15) is 4.79 Å². The van der Waals surface area contributed by atoms with E-state index in [1.54, 1.807) is 24.4 Å². The zero-order valence-corrected chi connectivity index (χ0v) is 8.98. The average molecular weight is 234 g/mol. The largest absolute Gasteiger partial charge is 0.405 e. The quantitative estimate of drug-likeness (QED) is 0.637. The molecule has 0 atom stereocenters. The summed E-state index contributed by atoms with van der Waals surface area (Å²) in [5, 5.41) is 1.84. The highest BCUT2D eigenvalue weighted by Gasteiger charge is 2.07. The molecular weight excluding hydrogens is 226 g/mol. The molecule has 2 aromatic rings. The van der Waals surface area contributed by atoms with Crippen LogP contribution in [0, 0.1) is 0 Å². The molecule has 4 nitrogen and oxygen atoms in total. The zero-order valence-electron chi connectivity index (χ0n) is 8.22. The summed E-state index contributed by atoms with van der Waals surface area (Å²) in [6, 6.07) is 3.42. The Morgan fingerprint density at radius 2 is 2.25 bits per heavy atom. The molecule has 0 bridgehead atoms. The monoisotopic (exact) mass is 233 g/mol. The second-order valence-electron chi connectivity index (χ2n) is 3.11. The number of halogens is 1. The molecule has 0 spiro atoms. The van der Waals surface area contributed by atoms with Gasteiger partial charge in [0.25, 0.3) is 0 Å². The lowest BCUT2D eigenvalue weighted by Crippen LogP contribution is -1.94. The molecule has 0 aromatic carbocycles. The molecule has 2 N–H and O–H groups in total. The molecule has 0 aliphatic rings. The van der Waals surface area contributed by atoms with Crippen molar-refractivity contribution in [3.8, 4) is 0 Å². The Kier molecular flexibility index (Phi) is 2.83. The molecule has 2 aromatic heterocycles. The lowest BCUT2D eigenvalue weighted by Gasteiger charge is -2.04. The standard InChI is InChI=1S/C11H8ClN3O/c12-11-10-7(2-4-14-11)5-8(6-16)15-9(10)1-3-13/h1-6H,13H2. The molecule has 80 valence electrons. The lowest BCUT2D eigenvalue weighted by molar-refractivity contribution is 0.111. The number of hydrogen-bond acceptors (Lipinski definition) is 4. The molecule has 0 fully saturated rings. The van der Waals surface area contributed by atoms with Gasteiger partial charge in [-0.25, -0.2) is 9.97 Å².